The third-order valence-electron chi connectivity index (χ3n) is 6.61. The van der Waals surface area contributed by atoms with Crippen LogP contribution in [0.2, 0.25) is 0 Å². The predicted molar refractivity (Wildman–Crippen MR) is 110 cm³/mol. The van der Waals surface area contributed by atoms with Crippen LogP contribution in [-0.2, 0) is 4.79 Å². The van der Waals surface area contributed by atoms with E-state index >= 15 is 0 Å². The van der Waals surface area contributed by atoms with Gasteiger partial charge in [-0.1, -0.05) is 38.1 Å². The lowest BCUT2D eigenvalue weighted by molar-refractivity contribution is -0.143. The third kappa shape index (κ3) is 4.35. The molecule has 0 saturated carbocycles. The number of amides is 1. The molecule has 5 heteroatoms. The molecule has 1 fully saturated rings. The Hall–Kier alpha value is -2.27. The summed E-state index contributed by atoms with van der Waals surface area (Å²) in [6.07, 6.45) is 1.98. The Bertz CT molecular complexity index is 866. The highest BCUT2D eigenvalue weighted by atomic mass is 19.1. The molecule has 0 aromatic heterocycles. The molecule has 1 amide bonds. The van der Waals surface area contributed by atoms with Gasteiger partial charge in [-0.25, -0.2) is 8.78 Å². The largest absolute Gasteiger partial charge is 0.396 e. The SMILES string of the molecule is CC(C)C1(CCO)CCN([C@@H](C)c2ccc(-c3ccc(F)cc3F)cc2)C(=O)C1. The van der Waals surface area contributed by atoms with Gasteiger partial charge in [-0.3, -0.25) is 4.79 Å². The number of rotatable bonds is 6. The molecule has 0 radical (unpaired) electrons. The van der Waals surface area contributed by atoms with Crippen molar-refractivity contribution in [2.45, 2.75) is 46.1 Å². The first-order chi connectivity index (χ1) is 13.8. The van der Waals surface area contributed by atoms with Crippen molar-refractivity contribution < 1.29 is 18.7 Å². The first-order valence-electron chi connectivity index (χ1n) is 10.2. The fraction of sp³-hybridized carbons (Fsp3) is 0.458. The summed E-state index contributed by atoms with van der Waals surface area (Å²) in [7, 11) is 0. The van der Waals surface area contributed by atoms with Crippen molar-refractivity contribution in [2.24, 2.45) is 11.3 Å². The number of hydrogen-bond acceptors (Lipinski definition) is 2. The molecule has 3 nitrogen and oxygen atoms in total. The first-order valence-corrected chi connectivity index (χ1v) is 10.2. The summed E-state index contributed by atoms with van der Waals surface area (Å²) in [5.41, 5.74) is 1.87. The number of carbonyl (C=O) groups excluding carboxylic acids is 1. The number of aliphatic hydroxyl groups excluding tert-OH is 1. The van der Waals surface area contributed by atoms with Crippen LogP contribution in [0.15, 0.2) is 42.5 Å². The summed E-state index contributed by atoms with van der Waals surface area (Å²) in [5.74, 6) is -0.745. The van der Waals surface area contributed by atoms with Crippen LogP contribution in [0.25, 0.3) is 11.1 Å². The van der Waals surface area contributed by atoms with E-state index in [2.05, 4.69) is 13.8 Å². The molecular formula is C24H29F2NO2. The molecule has 2 atom stereocenters. The van der Waals surface area contributed by atoms with Gasteiger partial charge in [0.1, 0.15) is 11.6 Å². The summed E-state index contributed by atoms with van der Waals surface area (Å²) >= 11 is 0. The first kappa shape index (κ1) is 21.4. The number of carbonyl (C=O) groups is 1. The minimum Gasteiger partial charge on any atom is -0.396 e. The van der Waals surface area contributed by atoms with Gasteiger partial charge in [-0.2, -0.15) is 0 Å². The average molecular weight is 401 g/mol. The molecule has 1 heterocycles. The lowest BCUT2D eigenvalue weighted by Crippen LogP contribution is -2.47. The van der Waals surface area contributed by atoms with Crippen LogP contribution in [0.3, 0.4) is 0 Å². The molecule has 1 aliphatic rings. The van der Waals surface area contributed by atoms with Crippen LogP contribution in [0, 0.1) is 23.0 Å². The molecule has 0 spiro atoms. The molecule has 0 bridgehead atoms. The fourth-order valence-electron chi connectivity index (χ4n) is 4.43. The van der Waals surface area contributed by atoms with Gasteiger partial charge in [0.05, 0.1) is 6.04 Å². The van der Waals surface area contributed by atoms with E-state index in [1.165, 1.54) is 12.1 Å². The third-order valence-corrected chi connectivity index (χ3v) is 6.61. The Kier molecular flexibility index (Phi) is 6.37. The zero-order valence-corrected chi connectivity index (χ0v) is 17.3. The average Bonchev–Trinajstić information content (AvgIpc) is 2.68. The van der Waals surface area contributed by atoms with Crippen molar-refractivity contribution in [1.82, 2.24) is 4.90 Å². The molecule has 156 valence electrons. The Morgan fingerprint density at radius 3 is 2.34 bits per heavy atom. The Morgan fingerprint density at radius 1 is 1.10 bits per heavy atom. The van der Waals surface area contributed by atoms with Gasteiger partial charge >= 0.3 is 0 Å². The van der Waals surface area contributed by atoms with Crippen LogP contribution in [-0.4, -0.2) is 29.1 Å². The van der Waals surface area contributed by atoms with E-state index in [1.54, 1.807) is 12.1 Å². The van der Waals surface area contributed by atoms with Gasteiger partial charge < -0.3 is 10.0 Å². The topological polar surface area (TPSA) is 40.5 Å². The van der Waals surface area contributed by atoms with E-state index in [0.29, 0.717) is 36.4 Å². The highest BCUT2D eigenvalue weighted by Gasteiger charge is 2.42. The van der Waals surface area contributed by atoms with Crippen molar-refractivity contribution in [3.05, 3.63) is 59.7 Å². The number of benzene rings is 2. The summed E-state index contributed by atoms with van der Waals surface area (Å²) in [5, 5.41) is 9.45. The second-order valence-corrected chi connectivity index (χ2v) is 8.43. The van der Waals surface area contributed by atoms with Gasteiger partial charge in [-0.05, 0) is 54.4 Å². The number of aliphatic hydroxyl groups is 1. The molecule has 2 aromatic rings. The van der Waals surface area contributed by atoms with E-state index in [0.717, 1.165) is 18.1 Å². The summed E-state index contributed by atoms with van der Waals surface area (Å²) in [6, 6.07) is 10.9. The number of likely N-dealkylation sites (tertiary alicyclic amines) is 1. The fourth-order valence-corrected chi connectivity index (χ4v) is 4.43. The van der Waals surface area contributed by atoms with Crippen LogP contribution in [0.4, 0.5) is 8.78 Å². The Morgan fingerprint density at radius 2 is 1.79 bits per heavy atom. The Balaban J connectivity index is 1.75. The van der Waals surface area contributed by atoms with Gasteiger partial charge in [0.25, 0.3) is 0 Å². The van der Waals surface area contributed by atoms with Crippen LogP contribution in [0.1, 0.15) is 51.6 Å². The normalized spacial score (nSPS) is 20.9. The highest BCUT2D eigenvalue weighted by Crippen LogP contribution is 2.44. The number of hydrogen-bond donors (Lipinski definition) is 1. The van der Waals surface area contributed by atoms with Crippen LogP contribution >= 0.6 is 0 Å². The van der Waals surface area contributed by atoms with E-state index in [9.17, 15) is 18.7 Å². The van der Waals surface area contributed by atoms with Gasteiger partial charge in [0.2, 0.25) is 5.91 Å². The molecule has 3 rings (SSSR count). The highest BCUT2D eigenvalue weighted by molar-refractivity contribution is 5.78. The molecule has 29 heavy (non-hydrogen) atoms. The summed E-state index contributed by atoms with van der Waals surface area (Å²) < 4.78 is 27.2. The lowest BCUT2D eigenvalue weighted by atomic mass is 9.67. The number of piperidine rings is 1. The van der Waals surface area contributed by atoms with Gasteiger partial charge in [0.15, 0.2) is 0 Å². The number of nitrogens with zero attached hydrogens (tertiary/aromatic N) is 1. The molecule has 1 N–H and O–H groups in total. The molecular weight excluding hydrogens is 372 g/mol. The molecule has 1 unspecified atom stereocenters. The maximum atomic E-state index is 14.0. The molecule has 2 aromatic carbocycles. The van der Waals surface area contributed by atoms with E-state index in [1.807, 2.05) is 24.0 Å². The van der Waals surface area contributed by atoms with E-state index in [-0.39, 0.29) is 24.0 Å². The smallest absolute Gasteiger partial charge is 0.223 e. The standard InChI is InChI=1S/C24H29F2NO2/c1-16(2)24(11-13-28)10-12-27(23(29)15-24)17(3)18-4-6-19(7-5-18)21-9-8-20(25)14-22(21)26/h4-9,14,16-17,28H,10-13,15H2,1-3H3/t17-,24?/m0/s1. The minimum absolute atomic E-state index is 0.0890. The molecule has 1 aliphatic heterocycles. The number of halogens is 2. The van der Waals surface area contributed by atoms with Crippen molar-refractivity contribution in [3.63, 3.8) is 0 Å². The molecule has 0 aliphatic carbocycles. The monoisotopic (exact) mass is 401 g/mol. The van der Waals surface area contributed by atoms with Crippen LogP contribution in [0.5, 0.6) is 0 Å². The van der Waals surface area contributed by atoms with Crippen LogP contribution < -0.4 is 0 Å². The molecule has 1 saturated heterocycles. The zero-order chi connectivity index (χ0) is 21.2. The quantitative estimate of drug-likeness (QED) is 0.710. The maximum Gasteiger partial charge on any atom is 0.223 e. The van der Waals surface area contributed by atoms with Gasteiger partial charge in [0, 0.05) is 31.2 Å². The minimum atomic E-state index is -0.598. The predicted octanol–water partition coefficient (Wildman–Crippen LogP) is 5.34. The summed E-state index contributed by atoms with van der Waals surface area (Å²) in [4.78, 5) is 14.8. The second-order valence-electron chi connectivity index (χ2n) is 8.43. The maximum absolute atomic E-state index is 14.0. The van der Waals surface area contributed by atoms with Crippen molar-refractivity contribution in [1.29, 1.82) is 0 Å². The lowest BCUT2D eigenvalue weighted by Gasteiger charge is -2.45. The second kappa shape index (κ2) is 8.62. The van der Waals surface area contributed by atoms with E-state index < -0.39 is 11.6 Å². The van der Waals surface area contributed by atoms with Crippen molar-refractivity contribution in [2.75, 3.05) is 13.2 Å². The van der Waals surface area contributed by atoms with Crippen molar-refractivity contribution in [3.8, 4) is 11.1 Å². The van der Waals surface area contributed by atoms with E-state index in [4.69, 9.17) is 0 Å². The van der Waals surface area contributed by atoms with Crippen molar-refractivity contribution >= 4 is 5.91 Å². The van der Waals surface area contributed by atoms with Gasteiger partial charge in [-0.15, -0.1) is 0 Å². The Labute approximate surface area is 171 Å². The summed E-state index contributed by atoms with van der Waals surface area (Å²) in [6.45, 7) is 7.00. The zero-order valence-electron chi connectivity index (χ0n) is 17.3.